The highest BCUT2D eigenvalue weighted by Crippen LogP contribution is 2.65. The van der Waals surface area contributed by atoms with Gasteiger partial charge in [-0.15, -0.1) is 0 Å². The van der Waals surface area contributed by atoms with Crippen LogP contribution in [0.4, 0.5) is 0 Å². The molecule has 0 aromatic carbocycles. The summed E-state index contributed by atoms with van der Waals surface area (Å²) in [5.41, 5.74) is -0.699. The number of ether oxygens (including phenoxy) is 1. The molecule has 3 rings (SSSR count). The third-order valence-corrected chi connectivity index (χ3v) is 7.94. The average molecular weight is 362 g/mol. The van der Waals surface area contributed by atoms with Gasteiger partial charge in [0.1, 0.15) is 12.1 Å². The number of Topliss-reactive ketones (excluding diaryl/α,β-unsaturated/α-hetero) is 1. The van der Waals surface area contributed by atoms with Crippen LogP contribution in [0.5, 0.6) is 0 Å². The summed E-state index contributed by atoms with van der Waals surface area (Å²) in [7, 11) is 1.71. The molecule has 3 aliphatic carbocycles. The zero-order valence-corrected chi connectivity index (χ0v) is 16.2. The van der Waals surface area contributed by atoms with Gasteiger partial charge in [0.2, 0.25) is 0 Å². The van der Waals surface area contributed by atoms with Gasteiger partial charge in [0.25, 0.3) is 0 Å². The van der Waals surface area contributed by atoms with Crippen molar-refractivity contribution in [1.29, 1.82) is 0 Å². The quantitative estimate of drug-likeness (QED) is 0.472. The maximum Gasteiger partial charge on any atom is 0.304 e. The number of hydrogen-bond donors (Lipinski definition) is 1. The fourth-order valence-electron chi connectivity index (χ4n) is 6.58. The van der Waals surface area contributed by atoms with Crippen LogP contribution in [0.3, 0.4) is 0 Å². The standard InChI is InChI=1S/C21H30O5/c1-12-6-8-18(26-4)20(3)14(12)9-17(23)21(11-22)15(10-19(24)25)13(2)5-7-16(20)21/h5,11-12,14-16,18H,6-10H2,1-4H3,(H,24,25)/t12-,14+,15-,16?,18-,20+,21+/m1/s1. The van der Waals surface area contributed by atoms with Crippen molar-refractivity contribution in [3.8, 4) is 0 Å². The lowest BCUT2D eigenvalue weighted by Crippen LogP contribution is -2.65. The van der Waals surface area contributed by atoms with Crippen molar-refractivity contribution in [3.05, 3.63) is 11.6 Å². The molecule has 0 amide bonds. The third kappa shape index (κ3) is 2.43. The minimum atomic E-state index is -1.24. The van der Waals surface area contributed by atoms with E-state index in [4.69, 9.17) is 4.74 Å². The van der Waals surface area contributed by atoms with Gasteiger partial charge >= 0.3 is 5.97 Å². The van der Waals surface area contributed by atoms with Crippen LogP contribution in [-0.2, 0) is 19.1 Å². The van der Waals surface area contributed by atoms with Crippen molar-refractivity contribution in [1.82, 2.24) is 0 Å². The molecule has 3 aliphatic rings. The highest BCUT2D eigenvalue weighted by atomic mass is 16.5. The second-order valence-electron chi connectivity index (χ2n) is 8.82. The van der Waals surface area contributed by atoms with E-state index in [1.807, 2.05) is 13.0 Å². The van der Waals surface area contributed by atoms with Gasteiger partial charge in [0, 0.05) is 24.9 Å². The number of carbonyl (C=O) groups is 3. The molecule has 2 fully saturated rings. The Balaban J connectivity index is 2.18. The predicted octanol–water partition coefficient (Wildman–Crippen LogP) is 3.27. The third-order valence-electron chi connectivity index (χ3n) is 7.94. The van der Waals surface area contributed by atoms with Crippen LogP contribution in [0.1, 0.15) is 52.9 Å². The maximum atomic E-state index is 13.4. The summed E-state index contributed by atoms with van der Waals surface area (Å²) in [6, 6.07) is 0. The summed E-state index contributed by atoms with van der Waals surface area (Å²) in [5.74, 6) is -1.24. The Labute approximate surface area is 155 Å². The van der Waals surface area contributed by atoms with E-state index in [2.05, 4.69) is 13.8 Å². The lowest BCUT2D eigenvalue weighted by atomic mass is 9.40. The molecule has 1 N–H and O–H groups in total. The average Bonchev–Trinajstić information content (AvgIpc) is 2.59. The van der Waals surface area contributed by atoms with E-state index >= 15 is 0 Å². The number of methoxy groups -OCH3 is 1. The minimum Gasteiger partial charge on any atom is -0.481 e. The lowest BCUT2D eigenvalue weighted by molar-refractivity contribution is -0.192. The lowest BCUT2D eigenvalue weighted by Gasteiger charge is -2.63. The summed E-state index contributed by atoms with van der Waals surface area (Å²) in [6.45, 7) is 6.21. The van der Waals surface area contributed by atoms with Crippen LogP contribution in [0.25, 0.3) is 0 Å². The van der Waals surface area contributed by atoms with Crippen molar-refractivity contribution < 1.29 is 24.2 Å². The van der Waals surface area contributed by atoms with E-state index in [0.717, 1.165) is 24.7 Å². The summed E-state index contributed by atoms with van der Waals surface area (Å²) in [5, 5.41) is 9.43. The van der Waals surface area contributed by atoms with Gasteiger partial charge in [-0.3, -0.25) is 9.59 Å². The van der Waals surface area contributed by atoms with Gasteiger partial charge in [-0.2, -0.15) is 0 Å². The fraction of sp³-hybridized carbons (Fsp3) is 0.762. The highest BCUT2D eigenvalue weighted by Gasteiger charge is 2.67. The van der Waals surface area contributed by atoms with Gasteiger partial charge in [-0.1, -0.05) is 25.5 Å². The molecule has 144 valence electrons. The molecule has 1 unspecified atom stereocenters. The first-order valence-electron chi connectivity index (χ1n) is 9.64. The van der Waals surface area contributed by atoms with Crippen LogP contribution in [0.2, 0.25) is 0 Å². The Morgan fingerprint density at radius 1 is 1.42 bits per heavy atom. The molecule has 0 aliphatic heterocycles. The monoisotopic (exact) mass is 362 g/mol. The first-order valence-corrected chi connectivity index (χ1v) is 9.64. The number of allylic oxidation sites excluding steroid dienone is 2. The summed E-state index contributed by atoms with van der Waals surface area (Å²) < 4.78 is 5.86. The normalized spacial score (nSPS) is 45.3. The topological polar surface area (TPSA) is 80.7 Å². The van der Waals surface area contributed by atoms with E-state index in [1.54, 1.807) is 7.11 Å². The van der Waals surface area contributed by atoms with Crippen molar-refractivity contribution in [2.45, 2.75) is 59.0 Å². The number of rotatable bonds is 4. The van der Waals surface area contributed by atoms with Crippen LogP contribution in [0, 0.1) is 34.5 Å². The first kappa shape index (κ1) is 19.3. The van der Waals surface area contributed by atoms with E-state index in [-0.39, 0.29) is 35.6 Å². The number of fused-ring (bicyclic) bond motifs is 3. The van der Waals surface area contributed by atoms with Gasteiger partial charge in [-0.05, 0) is 43.9 Å². The molecule has 0 spiro atoms. The van der Waals surface area contributed by atoms with Crippen LogP contribution in [-0.4, -0.2) is 36.4 Å². The molecule has 2 saturated carbocycles. The minimum absolute atomic E-state index is 0.0154. The molecule has 7 atom stereocenters. The van der Waals surface area contributed by atoms with Gasteiger partial charge in [-0.25, -0.2) is 0 Å². The summed E-state index contributed by atoms with van der Waals surface area (Å²) >= 11 is 0. The number of carboxylic acids is 1. The second-order valence-corrected chi connectivity index (χ2v) is 8.82. The van der Waals surface area contributed by atoms with Crippen molar-refractivity contribution in [3.63, 3.8) is 0 Å². The molecular weight excluding hydrogens is 332 g/mol. The summed E-state index contributed by atoms with van der Waals surface area (Å²) in [4.78, 5) is 37.3. The van der Waals surface area contributed by atoms with Gasteiger partial charge in [0.05, 0.1) is 17.9 Å². The molecule has 5 heteroatoms. The second kappa shape index (κ2) is 6.59. The van der Waals surface area contributed by atoms with E-state index < -0.39 is 17.3 Å². The largest absolute Gasteiger partial charge is 0.481 e. The van der Waals surface area contributed by atoms with Gasteiger partial charge in [0.15, 0.2) is 0 Å². The Kier molecular flexibility index (Phi) is 4.89. The number of hydrogen-bond acceptors (Lipinski definition) is 4. The smallest absolute Gasteiger partial charge is 0.304 e. The molecule has 0 aromatic heterocycles. The molecular formula is C21H30O5. The first-order chi connectivity index (χ1) is 12.2. The van der Waals surface area contributed by atoms with Crippen molar-refractivity contribution >= 4 is 18.0 Å². The fourth-order valence-corrected chi connectivity index (χ4v) is 6.58. The van der Waals surface area contributed by atoms with E-state index in [0.29, 0.717) is 18.8 Å². The highest BCUT2D eigenvalue weighted by molar-refractivity contribution is 6.01. The Morgan fingerprint density at radius 2 is 2.12 bits per heavy atom. The number of aldehydes is 1. The summed E-state index contributed by atoms with van der Waals surface area (Å²) in [6.07, 6.45) is 5.54. The van der Waals surface area contributed by atoms with Crippen LogP contribution in [0.15, 0.2) is 11.6 Å². The molecule has 0 radical (unpaired) electrons. The molecule has 0 aromatic rings. The molecule has 5 nitrogen and oxygen atoms in total. The Morgan fingerprint density at radius 3 is 2.69 bits per heavy atom. The number of ketones is 1. The van der Waals surface area contributed by atoms with Gasteiger partial charge < -0.3 is 14.6 Å². The van der Waals surface area contributed by atoms with Crippen LogP contribution < -0.4 is 0 Å². The van der Waals surface area contributed by atoms with E-state index in [1.165, 1.54) is 0 Å². The van der Waals surface area contributed by atoms with Crippen molar-refractivity contribution in [2.24, 2.45) is 34.5 Å². The zero-order valence-electron chi connectivity index (χ0n) is 16.2. The zero-order chi connectivity index (χ0) is 19.3. The number of carbonyl (C=O) groups excluding carboxylic acids is 2. The SMILES string of the molecule is CO[C@@H]1CC[C@@H](C)[C@@H]2CC(=O)[C@]3(C=O)C(CC=C(C)[C@H]3CC(=O)O)[C@@]12C. The molecule has 0 heterocycles. The number of aliphatic carboxylic acids is 1. The molecule has 0 saturated heterocycles. The van der Waals surface area contributed by atoms with E-state index in [9.17, 15) is 19.5 Å². The maximum absolute atomic E-state index is 13.4. The van der Waals surface area contributed by atoms with Crippen molar-refractivity contribution in [2.75, 3.05) is 7.11 Å². The number of carboxylic acid groups (broad SMARTS) is 1. The Hall–Kier alpha value is -1.49. The van der Waals surface area contributed by atoms with Crippen LogP contribution >= 0.6 is 0 Å². The molecule has 0 bridgehead atoms. The Bertz CT molecular complexity index is 653. The molecule has 26 heavy (non-hydrogen) atoms. The predicted molar refractivity (Wildman–Crippen MR) is 96.5 cm³/mol.